The first-order valence-electron chi connectivity index (χ1n) is 7.89. The van der Waals surface area contributed by atoms with Crippen molar-refractivity contribution in [2.75, 3.05) is 0 Å². The molecular formula is C17H18ClN3O2. The molecule has 0 spiro atoms. The SMILES string of the molecule is Cc1onc2c1c(=O)n(C[C@@H]1CC[C@H](N)C1)c1cccc(Cl)c21. The van der Waals surface area contributed by atoms with E-state index in [1.807, 2.05) is 22.8 Å². The van der Waals surface area contributed by atoms with Gasteiger partial charge in [-0.15, -0.1) is 0 Å². The highest BCUT2D eigenvalue weighted by Gasteiger charge is 2.25. The van der Waals surface area contributed by atoms with E-state index in [4.69, 9.17) is 21.9 Å². The number of nitrogens with zero attached hydrogens (tertiary/aromatic N) is 2. The third kappa shape index (κ3) is 2.26. The van der Waals surface area contributed by atoms with Gasteiger partial charge in [0, 0.05) is 18.0 Å². The number of fused-ring (bicyclic) bond motifs is 3. The van der Waals surface area contributed by atoms with Crippen LogP contribution < -0.4 is 11.3 Å². The standard InChI is InChI=1S/C17H18ClN3O2/c1-9-14-16(20-23-9)15-12(18)3-2-4-13(15)21(17(14)22)8-10-5-6-11(19)7-10/h2-4,10-11H,5-8,19H2,1H3/t10-,11+/m1/s1. The number of hydrogen-bond donors (Lipinski definition) is 1. The highest BCUT2D eigenvalue weighted by atomic mass is 35.5. The van der Waals surface area contributed by atoms with E-state index in [0.29, 0.717) is 34.1 Å². The molecule has 0 bridgehead atoms. The van der Waals surface area contributed by atoms with Gasteiger partial charge in [-0.1, -0.05) is 22.8 Å². The molecule has 0 radical (unpaired) electrons. The molecule has 120 valence electrons. The Hall–Kier alpha value is -1.85. The van der Waals surface area contributed by atoms with Crippen LogP contribution in [0.1, 0.15) is 25.0 Å². The fraction of sp³-hybridized carbons (Fsp3) is 0.412. The first-order chi connectivity index (χ1) is 11.1. The van der Waals surface area contributed by atoms with Crippen LogP contribution >= 0.6 is 11.6 Å². The van der Waals surface area contributed by atoms with Crippen LogP contribution in [-0.2, 0) is 6.54 Å². The molecule has 1 aliphatic rings. The summed E-state index contributed by atoms with van der Waals surface area (Å²) in [6, 6.07) is 5.83. The van der Waals surface area contributed by atoms with Crippen LogP contribution in [0.3, 0.4) is 0 Å². The van der Waals surface area contributed by atoms with Crippen molar-refractivity contribution in [1.29, 1.82) is 0 Å². The van der Waals surface area contributed by atoms with Crippen molar-refractivity contribution >= 4 is 33.4 Å². The first-order valence-corrected chi connectivity index (χ1v) is 8.26. The van der Waals surface area contributed by atoms with Gasteiger partial charge in [-0.25, -0.2) is 0 Å². The monoisotopic (exact) mass is 331 g/mol. The van der Waals surface area contributed by atoms with Crippen LogP contribution in [0, 0.1) is 12.8 Å². The molecular weight excluding hydrogens is 314 g/mol. The van der Waals surface area contributed by atoms with Crippen LogP contribution in [0.5, 0.6) is 0 Å². The van der Waals surface area contributed by atoms with Crippen molar-refractivity contribution in [3.8, 4) is 0 Å². The van der Waals surface area contributed by atoms with Gasteiger partial charge in [0.15, 0.2) is 0 Å². The van der Waals surface area contributed by atoms with Gasteiger partial charge in [0.1, 0.15) is 16.7 Å². The molecule has 6 heteroatoms. The minimum Gasteiger partial charge on any atom is -0.360 e. The predicted octanol–water partition coefficient (Wildman–Crippen LogP) is 3.23. The second kappa shape index (κ2) is 5.35. The van der Waals surface area contributed by atoms with E-state index >= 15 is 0 Å². The zero-order valence-corrected chi connectivity index (χ0v) is 13.6. The molecule has 0 unspecified atom stereocenters. The molecule has 5 nitrogen and oxygen atoms in total. The average molecular weight is 332 g/mol. The lowest BCUT2D eigenvalue weighted by molar-refractivity contribution is 0.405. The lowest BCUT2D eigenvalue weighted by Gasteiger charge is -2.16. The van der Waals surface area contributed by atoms with E-state index in [2.05, 4.69) is 5.16 Å². The summed E-state index contributed by atoms with van der Waals surface area (Å²) in [4.78, 5) is 13.0. The van der Waals surface area contributed by atoms with Gasteiger partial charge >= 0.3 is 0 Å². The molecule has 0 amide bonds. The number of nitrogens with two attached hydrogens (primary N) is 1. The Kier molecular flexibility index (Phi) is 3.43. The quantitative estimate of drug-likeness (QED) is 0.782. The Labute approximate surface area is 138 Å². The minimum atomic E-state index is -0.0611. The second-order valence-corrected chi connectivity index (χ2v) is 6.86. The van der Waals surface area contributed by atoms with Crippen LogP contribution in [0.15, 0.2) is 27.5 Å². The van der Waals surface area contributed by atoms with Crippen molar-refractivity contribution < 1.29 is 4.52 Å². The zero-order chi connectivity index (χ0) is 16.1. The minimum absolute atomic E-state index is 0.0611. The third-order valence-corrected chi connectivity index (χ3v) is 5.18. The molecule has 1 aromatic carbocycles. The van der Waals surface area contributed by atoms with E-state index in [9.17, 15) is 4.79 Å². The molecule has 2 N–H and O–H groups in total. The van der Waals surface area contributed by atoms with Gasteiger partial charge in [-0.05, 0) is 44.2 Å². The molecule has 3 aromatic rings. The highest BCUT2D eigenvalue weighted by Crippen LogP contribution is 2.32. The Balaban J connectivity index is 2.00. The molecule has 1 fully saturated rings. The van der Waals surface area contributed by atoms with Gasteiger partial charge in [-0.3, -0.25) is 4.79 Å². The van der Waals surface area contributed by atoms with Crippen molar-refractivity contribution in [2.45, 2.75) is 38.8 Å². The van der Waals surface area contributed by atoms with E-state index < -0.39 is 0 Å². The van der Waals surface area contributed by atoms with Crippen molar-refractivity contribution in [1.82, 2.24) is 9.72 Å². The lowest BCUT2D eigenvalue weighted by Crippen LogP contribution is -2.25. The molecule has 2 aromatic heterocycles. The second-order valence-electron chi connectivity index (χ2n) is 6.45. The molecule has 0 saturated heterocycles. The summed E-state index contributed by atoms with van der Waals surface area (Å²) in [5.41, 5.74) is 7.31. The first kappa shape index (κ1) is 14.7. The van der Waals surface area contributed by atoms with Crippen LogP contribution in [0.25, 0.3) is 21.8 Å². The molecule has 4 rings (SSSR count). The van der Waals surface area contributed by atoms with Gasteiger partial charge in [0.2, 0.25) is 0 Å². The van der Waals surface area contributed by atoms with Crippen LogP contribution in [0.4, 0.5) is 0 Å². The third-order valence-electron chi connectivity index (χ3n) is 4.86. The largest absolute Gasteiger partial charge is 0.360 e. The van der Waals surface area contributed by atoms with Gasteiger partial charge < -0.3 is 14.8 Å². The van der Waals surface area contributed by atoms with Crippen LogP contribution in [0.2, 0.25) is 5.02 Å². The van der Waals surface area contributed by atoms with Gasteiger partial charge in [0.05, 0.1) is 10.5 Å². The van der Waals surface area contributed by atoms with Crippen molar-refractivity contribution in [2.24, 2.45) is 11.7 Å². The smallest absolute Gasteiger partial charge is 0.264 e. The summed E-state index contributed by atoms with van der Waals surface area (Å²) in [5.74, 6) is 0.950. The Morgan fingerprint density at radius 3 is 2.96 bits per heavy atom. The number of pyridine rings is 1. The molecule has 2 heterocycles. The number of aromatic nitrogens is 2. The van der Waals surface area contributed by atoms with Crippen molar-refractivity contribution in [3.63, 3.8) is 0 Å². The van der Waals surface area contributed by atoms with Gasteiger partial charge in [0.25, 0.3) is 5.56 Å². The molecule has 2 atom stereocenters. The fourth-order valence-electron chi connectivity index (χ4n) is 3.73. The summed E-state index contributed by atoms with van der Waals surface area (Å²) < 4.78 is 7.07. The normalized spacial score (nSPS) is 21.5. The lowest BCUT2D eigenvalue weighted by atomic mass is 10.1. The average Bonchev–Trinajstić information content (AvgIpc) is 3.10. The number of hydrogen-bond acceptors (Lipinski definition) is 4. The maximum atomic E-state index is 13.0. The Bertz CT molecular complexity index is 960. The van der Waals surface area contributed by atoms with Crippen LogP contribution in [-0.4, -0.2) is 15.8 Å². The van der Waals surface area contributed by atoms with E-state index in [1.165, 1.54) is 0 Å². The summed E-state index contributed by atoms with van der Waals surface area (Å²) in [5, 5.41) is 5.94. The summed E-state index contributed by atoms with van der Waals surface area (Å²) >= 11 is 6.39. The van der Waals surface area contributed by atoms with Gasteiger partial charge in [-0.2, -0.15) is 0 Å². The van der Waals surface area contributed by atoms with E-state index in [1.54, 1.807) is 6.92 Å². The topological polar surface area (TPSA) is 74.0 Å². The highest BCUT2D eigenvalue weighted by molar-refractivity contribution is 6.37. The molecule has 1 aliphatic carbocycles. The van der Waals surface area contributed by atoms with E-state index in [0.717, 1.165) is 30.2 Å². The Morgan fingerprint density at radius 2 is 2.22 bits per heavy atom. The summed E-state index contributed by atoms with van der Waals surface area (Å²) in [6.45, 7) is 2.42. The predicted molar refractivity (Wildman–Crippen MR) is 90.8 cm³/mol. The van der Waals surface area contributed by atoms with Crippen molar-refractivity contribution in [3.05, 3.63) is 39.3 Å². The molecule has 23 heavy (non-hydrogen) atoms. The fourth-order valence-corrected chi connectivity index (χ4v) is 3.99. The number of aryl methyl sites for hydroxylation is 1. The number of benzene rings is 1. The maximum absolute atomic E-state index is 13.0. The molecule has 1 saturated carbocycles. The van der Waals surface area contributed by atoms with E-state index in [-0.39, 0.29) is 11.6 Å². The summed E-state index contributed by atoms with van der Waals surface area (Å²) in [6.07, 6.45) is 3.03. The number of halogens is 1. The maximum Gasteiger partial charge on any atom is 0.264 e. The zero-order valence-electron chi connectivity index (χ0n) is 12.9. The summed E-state index contributed by atoms with van der Waals surface area (Å²) in [7, 11) is 0. The Morgan fingerprint density at radius 1 is 1.39 bits per heavy atom. The molecule has 0 aliphatic heterocycles. The number of rotatable bonds is 2.